The van der Waals surface area contributed by atoms with Crippen molar-refractivity contribution in [1.82, 2.24) is 0 Å². The average molecular weight is 227 g/mol. The fourth-order valence-electron chi connectivity index (χ4n) is 2.44. The molecule has 1 aliphatic rings. The zero-order valence-corrected chi connectivity index (χ0v) is 9.76. The summed E-state index contributed by atoms with van der Waals surface area (Å²) in [6, 6.07) is 11.3. The molecule has 17 heavy (non-hydrogen) atoms. The van der Waals surface area contributed by atoms with Gasteiger partial charge in [-0.3, -0.25) is 0 Å². The summed E-state index contributed by atoms with van der Waals surface area (Å²) in [5, 5.41) is 3.32. The second kappa shape index (κ2) is 3.88. The Kier molecular flexibility index (Phi) is 2.36. The Balaban J connectivity index is 2.22. The van der Waals surface area contributed by atoms with E-state index in [1.807, 2.05) is 25.1 Å². The zero-order chi connectivity index (χ0) is 11.8. The molecule has 1 aliphatic heterocycles. The van der Waals surface area contributed by atoms with Crippen molar-refractivity contribution in [1.29, 1.82) is 0 Å². The molecule has 1 heterocycles. The summed E-state index contributed by atoms with van der Waals surface area (Å²) in [4.78, 5) is 0. The Labute approximate surface area is 100 Å². The number of hydrogen-bond donors (Lipinski definition) is 1. The van der Waals surface area contributed by atoms with Gasteiger partial charge >= 0.3 is 0 Å². The van der Waals surface area contributed by atoms with Crippen molar-refractivity contribution in [2.45, 2.75) is 13.3 Å². The van der Waals surface area contributed by atoms with Crippen molar-refractivity contribution in [2.24, 2.45) is 0 Å². The zero-order valence-electron chi connectivity index (χ0n) is 9.76. The van der Waals surface area contributed by atoms with Crippen LogP contribution in [0.15, 0.2) is 36.4 Å². The highest BCUT2D eigenvalue weighted by Gasteiger charge is 2.16. The normalized spacial score (nSPS) is 13.3. The molecule has 0 saturated heterocycles. The molecule has 2 heteroatoms. The Morgan fingerprint density at radius 1 is 1.12 bits per heavy atom. The summed E-state index contributed by atoms with van der Waals surface area (Å²) < 4.78 is 13.9. The van der Waals surface area contributed by atoms with Gasteiger partial charge in [0.15, 0.2) is 0 Å². The van der Waals surface area contributed by atoms with Crippen LogP contribution in [0.25, 0.3) is 11.1 Å². The van der Waals surface area contributed by atoms with Crippen LogP contribution < -0.4 is 5.32 Å². The van der Waals surface area contributed by atoms with Crippen molar-refractivity contribution in [2.75, 3.05) is 11.9 Å². The highest BCUT2D eigenvalue weighted by Crippen LogP contribution is 2.34. The molecule has 0 aromatic heterocycles. The number of hydrogen-bond acceptors (Lipinski definition) is 1. The maximum absolute atomic E-state index is 13.9. The minimum absolute atomic E-state index is 0.143. The smallest absolute Gasteiger partial charge is 0.131 e. The Bertz CT molecular complexity index is 575. The van der Waals surface area contributed by atoms with Gasteiger partial charge in [-0.05, 0) is 42.7 Å². The summed E-state index contributed by atoms with van der Waals surface area (Å²) in [6.07, 6.45) is 0.971. The van der Waals surface area contributed by atoms with Gasteiger partial charge in [-0.25, -0.2) is 4.39 Å². The largest absolute Gasteiger partial charge is 0.384 e. The molecule has 0 aliphatic carbocycles. The van der Waals surface area contributed by atoms with E-state index in [0.717, 1.165) is 29.8 Å². The van der Waals surface area contributed by atoms with Gasteiger partial charge in [0.1, 0.15) is 5.82 Å². The molecule has 2 aromatic rings. The molecular weight excluding hydrogens is 213 g/mol. The molecule has 0 bridgehead atoms. The van der Waals surface area contributed by atoms with Crippen LogP contribution in [-0.4, -0.2) is 6.54 Å². The maximum atomic E-state index is 13.9. The van der Waals surface area contributed by atoms with E-state index >= 15 is 0 Å². The second-order valence-corrected chi connectivity index (χ2v) is 4.49. The van der Waals surface area contributed by atoms with Gasteiger partial charge in [-0.2, -0.15) is 0 Å². The first kappa shape index (κ1) is 10.3. The van der Waals surface area contributed by atoms with E-state index in [1.165, 1.54) is 5.56 Å². The maximum Gasteiger partial charge on any atom is 0.131 e. The van der Waals surface area contributed by atoms with Crippen LogP contribution >= 0.6 is 0 Å². The molecule has 86 valence electrons. The monoisotopic (exact) mass is 227 g/mol. The van der Waals surface area contributed by atoms with E-state index in [-0.39, 0.29) is 5.82 Å². The summed E-state index contributed by atoms with van der Waals surface area (Å²) in [7, 11) is 0. The molecule has 0 spiro atoms. The van der Waals surface area contributed by atoms with Crippen molar-refractivity contribution < 1.29 is 4.39 Å². The number of anilines is 1. The molecule has 0 radical (unpaired) electrons. The summed E-state index contributed by atoms with van der Waals surface area (Å²) in [6.45, 7) is 2.93. The van der Waals surface area contributed by atoms with Crippen LogP contribution in [0.3, 0.4) is 0 Å². The minimum Gasteiger partial charge on any atom is -0.384 e. The molecule has 0 saturated carbocycles. The third-order valence-electron chi connectivity index (χ3n) is 3.28. The first-order valence-electron chi connectivity index (χ1n) is 5.88. The highest BCUT2D eigenvalue weighted by molar-refractivity contribution is 5.76. The third kappa shape index (κ3) is 1.70. The van der Waals surface area contributed by atoms with Gasteiger partial charge in [0, 0.05) is 17.8 Å². The predicted molar refractivity (Wildman–Crippen MR) is 68.8 cm³/mol. The molecular formula is C15H14FN. The van der Waals surface area contributed by atoms with E-state index < -0.39 is 0 Å². The lowest BCUT2D eigenvalue weighted by Crippen LogP contribution is -1.90. The topological polar surface area (TPSA) is 12.0 Å². The quantitative estimate of drug-likeness (QED) is 0.782. The summed E-state index contributed by atoms with van der Waals surface area (Å²) >= 11 is 0. The van der Waals surface area contributed by atoms with E-state index in [1.54, 1.807) is 12.1 Å². The third-order valence-corrected chi connectivity index (χ3v) is 3.28. The molecule has 1 N–H and O–H groups in total. The fourth-order valence-corrected chi connectivity index (χ4v) is 2.44. The molecule has 3 rings (SSSR count). The standard InChI is InChI=1S/C15H14FN/c1-10-5-6-14(16)13(9-10)11-3-2-4-15-12(11)7-8-17-15/h2-6,9,17H,7-8H2,1H3. The van der Waals surface area contributed by atoms with Gasteiger partial charge in [0.25, 0.3) is 0 Å². The van der Waals surface area contributed by atoms with Crippen molar-refractivity contribution >= 4 is 5.69 Å². The van der Waals surface area contributed by atoms with Crippen LogP contribution in [0.4, 0.5) is 10.1 Å². The minimum atomic E-state index is -0.143. The SMILES string of the molecule is Cc1ccc(F)c(-c2cccc3c2CCN3)c1. The van der Waals surface area contributed by atoms with Crippen LogP contribution in [0.2, 0.25) is 0 Å². The number of nitrogens with one attached hydrogen (secondary N) is 1. The number of rotatable bonds is 1. The Morgan fingerprint density at radius 3 is 2.88 bits per heavy atom. The molecule has 0 amide bonds. The Hall–Kier alpha value is -1.83. The van der Waals surface area contributed by atoms with Gasteiger partial charge in [-0.15, -0.1) is 0 Å². The van der Waals surface area contributed by atoms with Crippen LogP contribution in [0.5, 0.6) is 0 Å². The van der Waals surface area contributed by atoms with Crippen LogP contribution in [-0.2, 0) is 6.42 Å². The number of aryl methyl sites for hydroxylation is 1. The first-order valence-corrected chi connectivity index (χ1v) is 5.88. The average Bonchev–Trinajstić information content (AvgIpc) is 2.80. The number of fused-ring (bicyclic) bond motifs is 1. The summed E-state index contributed by atoms with van der Waals surface area (Å²) in [5.41, 5.74) is 5.20. The fraction of sp³-hybridized carbons (Fsp3) is 0.200. The summed E-state index contributed by atoms with van der Waals surface area (Å²) in [5.74, 6) is -0.143. The number of halogens is 1. The van der Waals surface area contributed by atoms with Crippen LogP contribution in [0, 0.1) is 12.7 Å². The van der Waals surface area contributed by atoms with Crippen molar-refractivity contribution in [3.8, 4) is 11.1 Å². The molecule has 1 nitrogen and oxygen atoms in total. The first-order chi connectivity index (χ1) is 8.25. The van der Waals surface area contributed by atoms with Gasteiger partial charge in [0.05, 0.1) is 0 Å². The molecule has 2 aromatic carbocycles. The number of benzene rings is 2. The lowest BCUT2D eigenvalue weighted by molar-refractivity contribution is 0.631. The van der Waals surface area contributed by atoms with E-state index in [0.29, 0.717) is 5.56 Å². The van der Waals surface area contributed by atoms with E-state index in [2.05, 4.69) is 11.4 Å². The van der Waals surface area contributed by atoms with Crippen molar-refractivity contribution in [3.63, 3.8) is 0 Å². The van der Waals surface area contributed by atoms with E-state index in [9.17, 15) is 4.39 Å². The van der Waals surface area contributed by atoms with Gasteiger partial charge in [-0.1, -0.05) is 23.8 Å². The predicted octanol–water partition coefficient (Wildman–Crippen LogP) is 3.77. The van der Waals surface area contributed by atoms with Gasteiger partial charge < -0.3 is 5.32 Å². The molecule has 0 unspecified atom stereocenters. The van der Waals surface area contributed by atoms with Crippen molar-refractivity contribution in [3.05, 3.63) is 53.3 Å². The lowest BCUT2D eigenvalue weighted by atomic mass is 9.96. The Morgan fingerprint density at radius 2 is 2.00 bits per heavy atom. The highest BCUT2D eigenvalue weighted by atomic mass is 19.1. The van der Waals surface area contributed by atoms with Gasteiger partial charge in [0.2, 0.25) is 0 Å². The second-order valence-electron chi connectivity index (χ2n) is 4.49. The lowest BCUT2D eigenvalue weighted by Gasteiger charge is -2.09. The molecule has 0 fully saturated rings. The van der Waals surface area contributed by atoms with Crippen LogP contribution in [0.1, 0.15) is 11.1 Å². The van der Waals surface area contributed by atoms with E-state index in [4.69, 9.17) is 0 Å². The molecule has 0 atom stereocenters.